The van der Waals surface area contributed by atoms with Crippen molar-refractivity contribution in [1.82, 2.24) is 0 Å². The monoisotopic (exact) mass is 371 g/mol. The van der Waals surface area contributed by atoms with E-state index in [1.165, 1.54) is 11.3 Å². The van der Waals surface area contributed by atoms with Gasteiger partial charge in [0.1, 0.15) is 0 Å². The quantitative estimate of drug-likeness (QED) is 0.628. The van der Waals surface area contributed by atoms with Gasteiger partial charge in [-0.05, 0) is 18.2 Å². The van der Waals surface area contributed by atoms with Crippen molar-refractivity contribution in [2.24, 2.45) is 10.7 Å². The Labute approximate surface area is 148 Å². The zero-order valence-corrected chi connectivity index (χ0v) is 14.5. The maximum Gasteiger partial charge on any atom is 0.193 e. The second kappa shape index (κ2) is 7.29. The van der Waals surface area contributed by atoms with Gasteiger partial charge < -0.3 is 20.5 Å². The third-order valence-electron chi connectivity index (χ3n) is 3.17. The van der Waals surface area contributed by atoms with Crippen molar-refractivity contribution < 1.29 is 9.47 Å². The first-order chi connectivity index (χ1) is 11.1. The summed E-state index contributed by atoms with van der Waals surface area (Å²) in [6, 6.07) is 7.35. The Bertz CT molecular complexity index is 734. The molecule has 0 aliphatic carbocycles. The van der Waals surface area contributed by atoms with Crippen LogP contribution in [0.25, 0.3) is 0 Å². The lowest BCUT2D eigenvalue weighted by Crippen LogP contribution is -2.22. The molecule has 0 saturated carbocycles. The van der Waals surface area contributed by atoms with Crippen LogP contribution in [0.5, 0.6) is 11.5 Å². The van der Waals surface area contributed by atoms with Crippen molar-refractivity contribution in [2.45, 2.75) is 13.0 Å². The number of nitrogens with two attached hydrogens (primary N) is 1. The van der Waals surface area contributed by atoms with E-state index in [0.717, 1.165) is 23.4 Å². The summed E-state index contributed by atoms with van der Waals surface area (Å²) in [4.78, 5) is 4.27. The molecule has 1 aromatic heterocycles. The lowest BCUT2D eigenvalue weighted by molar-refractivity contribution is 0.297. The number of halogens is 2. The molecule has 2 aromatic rings. The van der Waals surface area contributed by atoms with Crippen LogP contribution >= 0.6 is 34.5 Å². The number of guanidine groups is 1. The minimum absolute atomic E-state index is 0.290. The highest BCUT2D eigenvalue weighted by atomic mass is 35.5. The number of nitrogens with zero attached hydrogens (tertiary/aromatic N) is 1. The fourth-order valence-corrected chi connectivity index (χ4v) is 3.55. The van der Waals surface area contributed by atoms with Crippen LogP contribution in [0.15, 0.2) is 29.3 Å². The van der Waals surface area contributed by atoms with Gasteiger partial charge in [-0.2, -0.15) is 0 Å². The first-order valence-electron chi connectivity index (χ1n) is 7.02. The Morgan fingerprint density at radius 1 is 1.22 bits per heavy atom. The number of thiophene rings is 1. The summed E-state index contributed by atoms with van der Waals surface area (Å²) in [5.41, 5.74) is 7.55. The van der Waals surface area contributed by atoms with Crippen molar-refractivity contribution in [2.75, 3.05) is 18.5 Å². The first-order valence-corrected chi connectivity index (χ1v) is 8.59. The van der Waals surface area contributed by atoms with Gasteiger partial charge in [-0.1, -0.05) is 23.2 Å². The topological polar surface area (TPSA) is 68.9 Å². The summed E-state index contributed by atoms with van der Waals surface area (Å²) in [6.07, 6.45) is 0.866. The van der Waals surface area contributed by atoms with Gasteiger partial charge in [0.2, 0.25) is 0 Å². The van der Waals surface area contributed by atoms with Crippen LogP contribution in [0.3, 0.4) is 0 Å². The highest BCUT2D eigenvalue weighted by Crippen LogP contribution is 2.33. The third kappa shape index (κ3) is 4.22. The average molecular weight is 372 g/mol. The third-order valence-corrected chi connectivity index (χ3v) is 4.74. The van der Waals surface area contributed by atoms with E-state index >= 15 is 0 Å². The van der Waals surface area contributed by atoms with Gasteiger partial charge in [-0.25, -0.2) is 4.99 Å². The Morgan fingerprint density at radius 3 is 2.74 bits per heavy atom. The molecule has 0 amide bonds. The van der Waals surface area contributed by atoms with Crippen LogP contribution in [0, 0.1) is 0 Å². The fraction of sp³-hybridized carbons (Fsp3) is 0.267. The molecule has 1 aromatic carbocycles. The van der Waals surface area contributed by atoms with E-state index in [9.17, 15) is 0 Å². The molecule has 0 unspecified atom stereocenters. The van der Waals surface area contributed by atoms with E-state index in [-0.39, 0.29) is 5.96 Å². The van der Waals surface area contributed by atoms with Gasteiger partial charge in [-0.3, -0.25) is 0 Å². The largest absolute Gasteiger partial charge is 0.490 e. The van der Waals surface area contributed by atoms with E-state index in [1.807, 2.05) is 18.2 Å². The number of hydrogen-bond acceptors (Lipinski definition) is 4. The number of nitrogens with one attached hydrogen (secondary N) is 1. The number of fused-ring (bicyclic) bond motifs is 1. The fourth-order valence-electron chi connectivity index (χ4n) is 2.08. The second-order valence-corrected chi connectivity index (χ2v) is 7.17. The molecule has 8 heteroatoms. The summed E-state index contributed by atoms with van der Waals surface area (Å²) in [6.45, 7) is 1.66. The van der Waals surface area contributed by atoms with E-state index < -0.39 is 0 Å². The Morgan fingerprint density at radius 2 is 2.00 bits per heavy atom. The van der Waals surface area contributed by atoms with Crippen LogP contribution in [0.1, 0.15) is 12.0 Å². The van der Waals surface area contributed by atoms with Crippen molar-refractivity contribution in [3.63, 3.8) is 0 Å². The van der Waals surface area contributed by atoms with Gasteiger partial charge in [-0.15, -0.1) is 11.3 Å². The van der Waals surface area contributed by atoms with E-state index in [1.54, 1.807) is 6.07 Å². The number of ether oxygens (including phenoxy) is 2. The molecule has 0 radical (unpaired) electrons. The number of rotatable bonds is 3. The number of anilines is 1. The highest BCUT2D eigenvalue weighted by molar-refractivity contribution is 7.20. The molecule has 23 heavy (non-hydrogen) atoms. The molecule has 1 aliphatic heterocycles. The van der Waals surface area contributed by atoms with Gasteiger partial charge in [0.05, 0.1) is 28.4 Å². The molecule has 0 bridgehead atoms. The number of aliphatic imine (C=N–C) groups is 1. The van der Waals surface area contributed by atoms with Crippen molar-refractivity contribution in [3.05, 3.63) is 38.5 Å². The number of benzene rings is 1. The molecular formula is C15H15Cl2N3O2S. The molecule has 2 heterocycles. The summed E-state index contributed by atoms with van der Waals surface area (Å²) in [5, 5.41) is 3.03. The standard InChI is InChI=1S/C15H15Cl2N3O2S/c16-13-6-9(14(17)23-13)8-19-15(18)20-10-2-3-11-12(7-10)22-5-1-4-21-11/h2-3,6-7H,1,4-5,8H2,(H3,18,19,20). The van der Waals surface area contributed by atoms with Crippen LogP contribution < -0.4 is 20.5 Å². The Balaban J connectivity index is 1.67. The molecule has 1 aliphatic rings. The van der Waals surface area contributed by atoms with Crippen molar-refractivity contribution in [1.29, 1.82) is 0 Å². The lowest BCUT2D eigenvalue weighted by Gasteiger charge is -2.10. The maximum atomic E-state index is 6.06. The minimum Gasteiger partial charge on any atom is -0.490 e. The number of hydrogen-bond donors (Lipinski definition) is 2. The summed E-state index contributed by atoms with van der Waals surface area (Å²) < 4.78 is 12.5. The van der Waals surface area contributed by atoms with Crippen LogP contribution in [-0.2, 0) is 6.54 Å². The zero-order valence-electron chi connectivity index (χ0n) is 12.1. The van der Waals surface area contributed by atoms with Gasteiger partial charge >= 0.3 is 0 Å². The molecule has 0 saturated heterocycles. The predicted molar refractivity (Wildman–Crippen MR) is 95.3 cm³/mol. The predicted octanol–water partition coefficient (Wildman–Crippen LogP) is 4.14. The van der Waals surface area contributed by atoms with Gasteiger partial charge in [0, 0.05) is 23.7 Å². The molecule has 0 atom stereocenters. The van der Waals surface area contributed by atoms with Crippen LogP contribution in [0.4, 0.5) is 5.69 Å². The maximum absolute atomic E-state index is 6.06. The van der Waals surface area contributed by atoms with Gasteiger partial charge in [0.25, 0.3) is 0 Å². The lowest BCUT2D eigenvalue weighted by atomic mass is 10.3. The molecular weight excluding hydrogens is 357 g/mol. The van der Waals surface area contributed by atoms with E-state index in [2.05, 4.69) is 10.3 Å². The summed E-state index contributed by atoms with van der Waals surface area (Å²) in [5.74, 6) is 1.73. The smallest absolute Gasteiger partial charge is 0.193 e. The normalized spacial score (nSPS) is 14.4. The highest BCUT2D eigenvalue weighted by Gasteiger charge is 2.11. The minimum atomic E-state index is 0.290. The van der Waals surface area contributed by atoms with Gasteiger partial charge in [0.15, 0.2) is 17.5 Å². The van der Waals surface area contributed by atoms with E-state index in [0.29, 0.717) is 34.2 Å². The summed E-state index contributed by atoms with van der Waals surface area (Å²) in [7, 11) is 0. The first kappa shape index (κ1) is 16.2. The van der Waals surface area contributed by atoms with E-state index in [4.69, 9.17) is 38.4 Å². The molecule has 3 rings (SSSR count). The Hall–Kier alpha value is -1.63. The summed E-state index contributed by atoms with van der Waals surface area (Å²) >= 11 is 13.3. The average Bonchev–Trinajstić information content (AvgIpc) is 2.72. The second-order valence-electron chi connectivity index (χ2n) is 4.89. The van der Waals surface area contributed by atoms with Crippen LogP contribution in [0.2, 0.25) is 8.67 Å². The van der Waals surface area contributed by atoms with Crippen molar-refractivity contribution >= 4 is 46.2 Å². The zero-order chi connectivity index (χ0) is 16.2. The molecule has 0 spiro atoms. The molecule has 5 nitrogen and oxygen atoms in total. The molecule has 0 fully saturated rings. The Kier molecular flexibility index (Phi) is 5.15. The van der Waals surface area contributed by atoms with Crippen LogP contribution in [-0.4, -0.2) is 19.2 Å². The molecule has 122 valence electrons. The van der Waals surface area contributed by atoms with Crippen molar-refractivity contribution in [3.8, 4) is 11.5 Å². The SMILES string of the molecule is NC(=NCc1cc(Cl)sc1Cl)Nc1ccc2c(c1)OCCCO2. The molecule has 3 N–H and O–H groups in total.